The molecule has 0 aliphatic rings. The third-order valence-electron chi connectivity index (χ3n) is 2.69. The number of hydrogen-bond acceptors (Lipinski definition) is 5. The van der Waals surface area contributed by atoms with E-state index in [1.807, 2.05) is 6.26 Å². The summed E-state index contributed by atoms with van der Waals surface area (Å²) in [6.45, 7) is 2.09. The Morgan fingerprint density at radius 3 is 2.95 bits per heavy atom. The van der Waals surface area contributed by atoms with Gasteiger partial charge in [-0.2, -0.15) is 11.8 Å². The van der Waals surface area contributed by atoms with Crippen LogP contribution in [-0.2, 0) is 0 Å². The molecule has 1 heterocycles. The van der Waals surface area contributed by atoms with E-state index in [0.717, 1.165) is 0 Å². The number of halogens is 1. The molecule has 0 radical (unpaired) electrons. The van der Waals surface area contributed by atoms with Gasteiger partial charge in [-0.3, -0.25) is 0 Å². The van der Waals surface area contributed by atoms with Crippen LogP contribution in [-0.4, -0.2) is 39.2 Å². The molecule has 0 saturated carbocycles. The third kappa shape index (κ3) is 3.54. The van der Waals surface area contributed by atoms with Crippen molar-refractivity contribution in [1.29, 1.82) is 0 Å². The Balaban J connectivity index is 2.23. The quantitative estimate of drug-likeness (QED) is 0.880. The van der Waals surface area contributed by atoms with Crippen LogP contribution in [0.25, 0.3) is 10.9 Å². The number of fused-ring (bicyclic) bond motifs is 1. The van der Waals surface area contributed by atoms with E-state index in [9.17, 15) is 9.50 Å². The second-order valence-corrected chi connectivity index (χ2v) is 5.53. The first kappa shape index (κ1) is 14.0. The number of anilines is 1. The Kier molecular flexibility index (Phi) is 4.21. The maximum atomic E-state index is 13.3. The highest BCUT2D eigenvalue weighted by molar-refractivity contribution is 7.98. The van der Waals surface area contributed by atoms with Crippen LogP contribution < -0.4 is 5.32 Å². The average molecular weight is 281 g/mol. The minimum absolute atomic E-state index is 0.332. The molecule has 2 aromatic rings. The highest BCUT2D eigenvalue weighted by atomic mass is 32.2. The second kappa shape index (κ2) is 5.71. The van der Waals surface area contributed by atoms with Crippen molar-refractivity contribution in [2.45, 2.75) is 12.5 Å². The molecule has 2 N–H and O–H groups in total. The van der Waals surface area contributed by atoms with Crippen molar-refractivity contribution in [3.05, 3.63) is 30.3 Å². The summed E-state index contributed by atoms with van der Waals surface area (Å²) < 4.78 is 13.3. The lowest BCUT2D eigenvalue weighted by atomic mass is 10.1. The molecular formula is C13H16FN3OS. The smallest absolute Gasteiger partial charge is 0.137 e. The largest absolute Gasteiger partial charge is 0.387 e. The molecule has 0 spiro atoms. The van der Waals surface area contributed by atoms with Crippen molar-refractivity contribution < 1.29 is 9.50 Å². The Morgan fingerprint density at radius 1 is 1.42 bits per heavy atom. The van der Waals surface area contributed by atoms with E-state index in [4.69, 9.17) is 0 Å². The molecule has 0 aliphatic carbocycles. The van der Waals surface area contributed by atoms with Crippen LogP contribution in [0.5, 0.6) is 0 Å². The first-order chi connectivity index (χ1) is 9.02. The number of aromatic nitrogens is 2. The fourth-order valence-corrected chi connectivity index (χ4v) is 2.53. The van der Waals surface area contributed by atoms with E-state index in [1.54, 1.807) is 24.8 Å². The standard InChI is InChI=1S/C13H16FN3OS/c1-13(18,7-19-2)6-15-12-10-5-9(14)3-4-11(10)16-8-17-12/h3-5,8,18H,6-7H2,1-2H3,(H,15,16,17)/t13-/m1/s1. The molecule has 0 aliphatic heterocycles. The predicted molar refractivity (Wildman–Crippen MR) is 77.0 cm³/mol. The van der Waals surface area contributed by atoms with E-state index in [0.29, 0.717) is 29.0 Å². The molecule has 0 saturated heterocycles. The van der Waals surface area contributed by atoms with Gasteiger partial charge >= 0.3 is 0 Å². The first-order valence-electron chi connectivity index (χ1n) is 5.87. The fourth-order valence-electron chi connectivity index (χ4n) is 1.81. The van der Waals surface area contributed by atoms with Gasteiger partial charge in [-0.25, -0.2) is 14.4 Å². The van der Waals surface area contributed by atoms with Crippen LogP contribution in [0.15, 0.2) is 24.5 Å². The number of nitrogens with zero attached hydrogens (tertiary/aromatic N) is 2. The predicted octanol–water partition coefficient (Wildman–Crippen LogP) is 2.29. The van der Waals surface area contributed by atoms with E-state index in [2.05, 4.69) is 15.3 Å². The van der Waals surface area contributed by atoms with Crippen molar-refractivity contribution in [2.75, 3.05) is 23.9 Å². The van der Waals surface area contributed by atoms with Gasteiger partial charge in [0.15, 0.2) is 0 Å². The number of rotatable bonds is 5. The number of benzene rings is 1. The summed E-state index contributed by atoms with van der Waals surface area (Å²) in [4.78, 5) is 8.18. The molecule has 0 amide bonds. The summed E-state index contributed by atoms with van der Waals surface area (Å²) in [6, 6.07) is 4.36. The van der Waals surface area contributed by atoms with Crippen LogP contribution in [0.3, 0.4) is 0 Å². The SMILES string of the molecule is CSC[C@](C)(O)CNc1ncnc2ccc(F)cc12. The fraction of sp³-hybridized carbons (Fsp3) is 0.385. The van der Waals surface area contributed by atoms with Gasteiger partial charge in [0.05, 0.1) is 11.1 Å². The van der Waals surface area contributed by atoms with Gasteiger partial charge in [-0.1, -0.05) is 0 Å². The Morgan fingerprint density at radius 2 is 2.21 bits per heavy atom. The molecular weight excluding hydrogens is 265 g/mol. The molecule has 1 aromatic heterocycles. The lowest BCUT2D eigenvalue weighted by molar-refractivity contribution is 0.0996. The summed E-state index contributed by atoms with van der Waals surface area (Å²) in [6.07, 6.45) is 3.36. The van der Waals surface area contributed by atoms with Gasteiger partial charge in [0.25, 0.3) is 0 Å². The Labute approximate surface area is 115 Å². The van der Waals surface area contributed by atoms with Gasteiger partial charge < -0.3 is 10.4 Å². The highest BCUT2D eigenvalue weighted by Crippen LogP contribution is 2.21. The lowest BCUT2D eigenvalue weighted by Crippen LogP contribution is -2.36. The zero-order valence-corrected chi connectivity index (χ0v) is 11.7. The number of hydrogen-bond donors (Lipinski definition) is 2. The van der Waals surface area contributed by atoms with Crippen LogP contribution >= 0.6 is 11.8 Å². The van der Waals surface area contributed by atoms with Crippen molar-refractivity contribution >= 4 is 28.5 Å². The Bertz CT molecular complexity index is 577. The molecule has 1 atom stereocenters. The normalized spacial score (nSPS) is 14.3. The van der Waals surface area contributed by atoms with Gasteiger partial charge in [0.1, 0.15) is 18.0 Å². The van der Waals surface area contributed by atoms with Gasteiger partial charge in [-0.15, -0.1) is 0 Å². The molecule has 102 valence electrons. The number of thioether (sulfide) groups is 1. The monoisotopic (exact) mass is 281 g/mol. The first-order valence-corrected chi connectivity index (χ1v) is 7.27. The van der Waals surface area contributed by atoms with Crippen molar-refractivity contribution in [1.82, 2.24) is 9.97 Å². The summed E-state index contributed by atoms with van der Waals surface area (Å²) in [5.74, 6) is 0.810. The van der Waals surface area contributed by atoms with E-state index in [1.165, 1.54) is 18.5 Å². The van der Waals surface area contributed by atoms with Crippen molar-refractivity contribution in [2.24, 2.45) is 0 Å². The van der Waals surface area contributed by atoms with E-state index in [-0.39, 0.29) is 5.82 Å². The lowest BCUT2D eigenvalue weighted by Gasteiger charge is -2.23. The topological polar surface area (TPSA) is 58.0 Å². The van der Waals surface area contributed by atoms with Crippen LogP contribution in [0.1, 0.15) is 6.92 Å². The minimum Gasteiger partial charge on any atom is -0.387 e. The third-order valence-corrected chi connectivity index (χ3v) is 3.60. The maximum Gasteiger partial charge on any atom is 0.137 e. The van der Waals surface area contributed by atoms with Gasteiger partial charge in [-0.05, 0) is 31.4 Å². The molecule has 2 rings (SSSR count). The number of nitrogens with one attached hydrogen (secondary N) is 1. The molecule has 19 heavy (non-hydrogen) atoms. The minimum atomic E-state index is -0.843. The van der Waals surface area contributed by atoms with E-state index < -0.39 is 5.60 Å². The van der Waals surface area contributed by atoms with Gasteiger partial charge in [0.2, 0.25) is 0 Å². The molecule has 4 nitrogen and oxygen atoms in total. The zero-order chi connectivity index (χ0) is 13.9. The molecule has 1 aromatic carbocycles. The van der Waals surface area contributed by atoms with Gasteiger partial charge in [0, 0.05) is 17.7 Å². The summed E-state index contributed by atoms with van der Waals surface area (Å²) in [5.41, 5.74) is -0.173. The summed E-state index contributed by atoms with van der Waals surface area (Å²) in [7, 11) is 0. The zero-order valence-electron chi connectivity index (χ0n) is 10.9. The van der Waals surface area contributed by atoms with Crippen LogP contribution in [0, 0.1) is 5.82 Å². The molecule has 0 unspecified atom stereocenters. The summed E-state index contributed by atoms with van der Waals surface area (Å²) >= 11 is 1.57. The van der Waals surface area contributed by atoms with Crippen LogP contribution in [0.4, 0.5) is 10.2 Å². The van der Waals surface area contributed by atoms with E-state index >= 15 is 0 Å². The van der Waals surface area contributed by atoms with Crippen molar-refractivity contribution in [3.8, 4) is 0 Å². The van der Waals surface area contributed by atoms with Crippen molar-refractivity contribution in [3.63, 3.8) is 0 Å². The molecule has 0 bridgehead atoms. The van der Waals surface area contributed by atoms with Crippen LogP contribution in [0.2, 0.25) is 0 Å². The maximum absolute atomic E-state index is 13.3. The average Bonchev–Trinajstić information content (AvgIpc) is 2.36. The summed E-state index contributed by atoms with van der Waals surface area (Å²) in [5, 5.41) is 13.8. The molecule has 6 heteroatoms. The second-order valence-electron chi connectivity index (χ2n) is 4.67. The number of aliphatic hydroxyl groups is 1. The highest BCUT2D eigenvalue weighted by Gasteiger charge is 2.19. The molecule has 0 fully saturated rings. The Hall–Kier alpha value is -1.40.